The van der Waals surface area contributed by atoms with Crippen LogP contribution in [0.25, 0.3) is 6.08 Å². The van der Waals surface area contributed by atoms with Crippen molar-refractivity contribution in [2.75, 3.05) is 27.4 Å². The minimum Gasteiger partial charge on any atom is -0.466 e. The molecule has 0 radical (unpaired) electrons. The lowest BCUT2D eigenvalue weighted by atomic mass is 10.1. The average Bonchev–Trinajstić information content (AvgIpc) is 2.47. The van der Waals surface area contributed by atoms with Gasteiger partial charge in [-0.25, -0.2) is 4.79 Å². The van der Waals surface area contributed by atoms with Gasteiger partial charge in [-0.3, -0.25) is 4.79 Å². The molecule has 0 unspecified atom stereocenters. The van der Waals surface area contributed by atoms with Gasteiger partial charge in [0.2, 0.25) is 0 Å². The van der Waals surface area contributed by atoms with Crippen molar-refractivity contribution in [1.29, 1.82) is 0 Å². The van der Waals surface area contributed by atoms with E-state index in [0.717, 1.165) is 5.56 Å². The van der Waals surface area contributed by atoms with E-state index in [1.54, 1.807) is 6.08 Å². The van der Waals surface area contributed by atoms with Crippen molar-refractivity contribution < 1.29 is 23.8 Å². The third-order valence-corrected chi connectivity index (χ3v) is 2.47. The number of rotatable bonds is 7. The van der Waals surface area contributed by atoms with Crippen LogP contribution in [0.4, 0.5) is 0 Å². The van der Waals surface area contributed by atoms with Crippen LogP contribution < -0.4 is 0 Å². The standard InChI is InChI=1S/C15H18O5/c1-18-8-9-20-14(16)11-13(15(17)19-2)10-12-6-4-3-5-7-12/h3-7,10H,8-9,11H2,1-2H3/b13-10-. The summed E-state index contributed by atoms with van der Waals surface area (Å²) in [6.45, 7) is 0.483. The van der Waals surface area contributed by atoms with Gasteiger partial charge in [-0.2, -0.15) is 0 Å². The van der Waals surface area contributed by atoms with E-state index >= 15 is 0 Å². The molecule has 0 aliphatic carbocycles. The number of esters is 2. The number of hydrogen-bond donors (Lipinski definition) is 0. The zero-order valence-corrected chi connectivity index (χ0v) is 11.6. The molecule has 20 heavy (non-hydrogen) atoms. The molecule has 0 saturated carbocycles. The van der Waals surface area contributed by atoms with Gasteiger partial charge in [0.1, 0.15) is 6.61 Å². The summed E-state index contributed by atoms with van der Waals surface area (Å²) in [5, 5.41) is 0. The van der Waals surface area contributed by atoms with Crippen LogP contribution in [0, 0.1) is 0 Å². The van der Waals surface area contributed by atoms with Gasteiger partial charge in [-0.15, -0.1) is 0 Å². The highest BCUT2D eigenvalue weighted by molar-refractivity contribution is 5.98. The topological polar surface area (TPSA) is 61.8 Å². The molecule has 1 rings (SSSR count). The Balaban J connectivity index is 2.73. The summed E-state index contributed by atoms with van der Waals surface area (Å²) in [4.78, 5) is 23.3. The average molecular weight is 278 g/mol. The van der Waals surface area contributed by atoms with E-state index in [1.165, 1.54) is 14.2 Å². The van der Waals surface area contributed by atoms with Gasteiger partial charge in [0, 0.05) is 12.7 Å². The molecular weight excluding hydrogens is 260 g/mol. The molecule has 1 aromatic rings. The molecule has 0 saturated heterocycles. The molecule has 0 aliphatic heterocycles. The number of methoxy groups -OCH3 is 2. The third-order valence-electron chi connectivity index (χ3n) is 2.47. The van der Waals surface area contributed by atoms with Crippen LogP contribution >= 0.6 is 0 Å². The highest BCUT2D eigenvalue weighted by atomic mass is 16.6. The van der Waals surface area contributed by atoms with Crippen molar-refractivity contribution in [3.05, 3.63) is 41.5 Å². The normalized spacial score (nSPS) is 11.0. The second-order valence-corrected chi connectivity index (χ2v) is 3.96. The second kappa shape index (κ2) is 8.87. The van der Waals surface area contributed by atoms with Gasteiger partial charge < -0.3 is 14.2 Å². The van der Waals surface area contributed by atoms with Crippen LogP contribution in [0.2, 0.25) is 0 Å². The Morgan fingerprint density at radius 2 is 1.80 bits per heavy atom. The Labute approximate surface area is 118 Å². The number of carbonyl (C=O) groups excluding carboxylic acids is 2. The lowest BCUT2D eigenvalue weighted by molar-refractivity contribution is -0.146. The smallest absolute Gasteiger partial charge is 0.334 e. The van der Waals surface area contributed by atoms with Crippen molar-refractivity contribution in [2.24, 2.45) is 0 Å². The predicted molar refractivity (Wildman–Crippen MR) is 73.9 cm³/mol. The molecule has 0 spiro atoms. The first-order chi connectivity index (χ1) is 9.67. The molecule has 108 valence electrons. The molecular formula is C15H18O5. The predicted octanol–water partition coefficient (Wildman–Crippen LogP) is 1.82. The van der Waals surface area contributed by atoms with E-state index in [-0.39, 0.29) is 18.6 Å². The van der Waals surface area contributed by atoms with Crippen molar-refractivity contribution >= 4 is 18.0 Å². The lowest BCUT2D eigenvalue weighted by Crippen LogP contribution is -2.14. The molecule has 5 nitrogen and oxygen atoms in total. The molecule has 0 aliphatic rings. The molecule has 0 aromatic heterocycles. The number of ether oxygens (including phenoxy) is 3. The summed E-state index contributed by atoms with van der Waals surface area (Å²) in [5.74, 6) is -1.04. The van der Waals surface area contributed by atoms with E-state index in [4.69, 9.17) is 9.47 Å². The highest BCUT2D eigenvalue weighted by Crippen LogP contribution is 2.12. The molecule has 0 atom stereocenters. The van der Waals surface area contributed by atoms with E-state index < -0.39 is 11.9 Å². The number of hydrogen-bond acceptors (Lipinski definition) is 5. The molecule has 0 amide bonds. The molecule has 0 fully saturated rings. The van der Waals surface area contributed by atoms with E-state index in [2.05, 4.69) is 4.74 Å². The Bertz CT molecular complexity index is 464. The monoisotopic (exact) mass is 278 g/mol. The van der Waals surface area contributed by atoms with Gasteiger partial charge in [-0.05, 0) is 11.6 Å². The Hall–Kier alpha value is -2.14. The summed E-state index contributed by atoms with van der Waals surface area (Å²) >= 11 is 0. The molecule has 5 heteroatoms. The van der Waals surface area contributed by atoms with Crippen molar-refractivity contribution in [1.82, 2.24) is 0 Å². The molecule has 0 heterocycles. The number of benzene rings is 1. The third kappa shape index (κ3) is 5.67. The summed E-state index contributed by atoms with van der Waals surface area (Å²) in [6.07, 6.45) is 1.48. The van der Waals surface area contributed by atoms with Crippen LogP contribution in [0.3, 0.4) is 0 Å². The van der Waals surface area contributed by atoms with Crippen LogP contribution in [-0.2, 0) is 23.8 Å². The zero-order valence-electron chi connectivity index (χ0n) is 11.6. The molecule has 0 N–H and O–H groups in total. The number of carbonyl (C=O) groups is 2. The fourth-order valence-electron chi connectivity index (χ4n) is 1.51. The van der Waals surface area contributed by atoms with Gasteiger partial charge in [0.15, 0.2) is 0 Å². The van der Waals surface area contributed by atoms with Crippen LogP contribution in [-0.4, -0.2) is 39.4 Å². The van der Waals surface area contributed by atoms with Crippen LogP contribution in [0.1, 0.15) is 12.0 Å². The van der Waals surface area contributed by atoms with Gasteiger partial charge in [0.25, 0.3) is 0 Å². The summed E-state index contributed by atoms with van der Waals surface area (Å²) in [5.41, 5.74) is 1.07. The summed E-state index contributed by atoms with van der Waals surface area (Å²) in [6, 6.07) is 9.22. The van der Waals surface area contributed by atoms with Crippen LogP contribution in [0.5, 0.6) is 0 Å². The van der Waals surface area contributed by atoms with E-state index in [0.29, 0.717) is 6.61 Å². The second-order valence-electron chi connectivity index (χ2n) is 3.96. The lowest BCUT2D eigenvalue weighted by Gasteiger charge is -2.07. The maximum atomic E-state index is 11.7. The maximum absolute atomic E-state index is 11.7. The van der Waals surface area contributed by atoms with Crippen molar-refractivity contribution in [3.63, 3.8) is 0 Å². The first-order valence-corrected chi connectivity index (χ1v) is 6.16. The van der Waals surface area contributed by atoms with Gasteiger partial charge in [-0.1, -0.05) is 30.3 Å². The quantitative estimate of drug-likeness (QED) is 0.432. The Morgan fingerprint density at radius 3 is 2.40 bits per heavy atom. The van der Waals surface area contributed by atoms with Gasteiger partial charge in [0.05, 0.1) is 20.1 Å². The fourth-order valence-corrected chi connectivity index (χ4v) is 1.51. The fraction of sp³-hybridized carbons (Fsp3) is 0.333. The zero-order chi connectivity index (χ0) is 14.8. The van der Waals surface area contributed by atoms with Crippen LogP contribution in [0.15, 0.2) is 35.9 Å². The first kappa shape index (κ1) is 15.9. The molecule has 1 aromatic carbocycles. The highest BCUT2D eigenvalue weighted by Gasteiger charge is 2.15. The largest absolute Gasteiger partial charge is 0.466 e. The minimum absolute atomic E-state index is 0.134. The van der Waals surface area contributed by atoms with Gasteiger partial charge >= 0.3 is 11.9 Å². The molecule has 0 bridgehead atoms. The van der Waals surface area contributed by atoms with Crippen molar-refractivity contribution in [3.8, 4) is 0 Å². The van der Waals surface area contributed by atoms with E-state index in [9.17, 15) is 9.59 Å². The summed E-state index contributed by atoms with van der Waals surface area (Å²) in [7, 11) is 2.79. The SMILES string of the molecule is COCCOC(=O)C/C(=C/c1ccccc1)C(=O)OC. The van der Waals surface area contributed by atoms with Crippen molar-refractivity contribution in [2.45, 2.75) is 6.42 Å². The maximum Gasteiger partial charge on any atom is 0.334 e. The Kier molecular flexibility index (Phi) is 7.06. The first-order valence-electron chi connectivity index (χ1n) is 6.16. The van der Waals surface area contributed by atoms with E-state index in [1.807, 2.05) is 30.3 Å². The summed E-state index contributed by atoms with van der Waals surface area (Å²) < 4.78 is 14.4. The Morgan fingerprint density at radius 1 is 1.10 bits per heavy atom. The minimum atomic E-state index is -0.544.